The number of hydrogen-bond donors (Lipinski definition) is 2. The number of ether oxygens (including phenoxy) is 4. The van der Waals surface area contributed by atoms with Crippen molar-refractivity contribution in [1.29, 1.82) is 0 Å². The molecule has 234 valence electrons. The summed E-state index contributed by atoms with van der Waals surface area (Å²) in [6, 6.07) is 0. The Hall–Kier alpha value is -1.91. The molecule has 5 rings (SSSR count). The second-order valence-electron chi connectivity index (χ2n) is 13.2. The lowest BCUT2D eigenvalue weighted by Gasteiger charge is -2.45. The minimum atomic E-state index is -1.17. The molecule has 0 amide bonds. The zero-order valence-electron chi connectivity index (χ0n) is 25.4. The molecule has 1 saturated heterocycles. The minimum absolute atomic E-state index is 0.0686. The minimum Gasteiger partial charge on any atom is -0.462 e. The Morgan fingerprint density at radius 1 is 1.02 bits per heavy atom. The van der Waals surface area contributed by atoms with Crippen LogP contribution in [-0.4, -0.2) is 79.8 Å². The number of cyclic esters (lactones) is 1. The molecule has 1 aliphatic heterocycles. The van der Waals surface area contributed by atoms with Crippen molar-refractivity contribution >= 4 is 17.5 Å². The van der Waals surface area contributed by atoms with Crippen LogP contribution in [0, 0.1) is 47.3 Å². The van der Waals surface area contributed by atoms with E-state index in [0.29, 0.717) is 24.0 Å². The number of ketones is 2. The number of esters is 1. The number of hydrogen-bond acceptors (Lipinski definition) is 9. The van der Waals surface area contributed by atoms with Crippen LogP contribution in [0.2, 0.25) is 0 Å². The third kappa shape index (κ3) is 5.92. The summed E-state index contributed by atoms with van der Waals surface area (Å²) < 4.78 is 22.6. The van der Waals surface area contributed by atoms with Gasteiger partial charge in [-0.3, -0.25) is 14.4 Å². The fraction of sp³-hybridized carbons (Fsp3) is 0.788. The number of methoxy groups -OCH3 is 2. The van der Waals surface area contributed by atoms with E-state index < -0.39 is 24.2 Å². The molecular weight excluding hydrogens is 540 g/mol. The number of carbonyl (C=O) groups is 3. The van der Waals surface area contributed by atoms with E-state index in [0.717, 1.165) is 32.1 Å². The zero-order chi connectivity index (χ0) is 30.1. The monoisotopic (exact) mass is 588 g/mol. The predicted octanol–water partition coefficient (Wildman–Crippen LogP) is 3.40. The quantitative estimate of drug-likeness (QED) is 0.324. The van der Waals surface area contributed by atoms with Gasteiger partial charge in [-0.2, -0.15) is 0 Å². The number of aliphatic hydroxyl groups excluding tert-OH is 2. The van der Waals surface area contributed by atoms with Crippen molar-refractivity contribution in [2.45, 2.75) is 89.8 Å². The van der Waals surface area contributed by atoms with Gasteiger partial charge in [0.25, 0.3) is 0 Å². The van der Waals surface area contributed by atoms with E-state index >= 15 is 0 Å². The first-order chi connectivity index (χ1) is 20.2. The van der Waals surface area contributed by atoms with Gasteiger partial charge in [0.05, 0.1) is 25.7 Å². The molecule has 0 aromatic carbocycles. The van der Waals surface area contributed by atoms with Crippen LogP contribution in [-0.2, 0) is 33.3 Å². The molecule has 3 fully saturated rings. The number of aliphatic hydroxyl groups is 2. The summed E-state index contributed by atoms with van der Waals surface area (Å²) in [6.45, 7) is 3.87. The van der Waals surface area contributed by atoms with Gasteiger partial charge in [0.1, 0.15) is 12.2 Å². The first-order valence-corrected chi connectivity index (χ1v) is 15.9. The maximum absolute atomic E-state index is 13.9. The summed E-state index contributed by atoms with van der Waals surface area (Å²) in [7, 11) is 3.04. The molecule has 9 heteroatoms. The number of fused-ring (bicyclic) bond motifs is 8. The molecule has 2 N–H and O–H groups in total. The lowest BCUT2D eigenvalue weighted by molar-refractivity contribution is -0.204. The Balaban J connectivity index is 1.48. The van der Waals surface area contributed by atoms with Crippen LogP contribution in [0.25, 0.3) is 0 Å². The molecule has 4 aliphatic carbocycles. The normalized spacial score (nSPS) is 40.0. The average molecular weight is 589 g/mol. The van der Waals surface area contributed by atoms with E-state index in [1.807, 2.05) is 19.9 Å². The van der Waals surface area contributed by atoms with Gasteiger partial charge in [-0.05, 0) is 73.7 Å². The van der Waals surface area contributed by atoms with E-state index in [9.17, 15) is 24.6 Å². The van der Waals surface area contributed by atoms with Crippen molar-refractivity contribution in [1.82, 2.24) is 0 Å². The second-order valence-corrected chi connectivity index (χ2v) is 13.2. The predicted molar refractivity (Wildman–Crippen MR) is 153 cm³/mol. The van der Waals surface area contributed by atoms with Gasteiger partial charge in [-0.15, -0.1) is 0 Å². The highest BCUT2D eigenvalue weighted by atomic mass is 16.6. The molecule has 5 aliphatic rings. The third-order valence-corrected chi connectivity index (χ3v) is 10.9. The van der Waals surface area contributed by atoms with Gasteiger partial charge >= 0.3 is 5.97 Å². The fourth-order valence-electron chi connectivity index (χ4n) is 8.85. The Labute approximate surface area is 249 Å². The lowest BCUT2D eigenvalue weighted by atomic mass is 9.57. The maximum Gasteiger partial charge on any atom is 0.306 e. The Morgan fingerprint density at radius 2 is 1.74 bits per heavy atom. The molecular formula is C33H48O9. The second kappa shape index (κ2) is 13.4. The topological polar surface area (TPSA) is 129 Å². The van der Waals surface area contributed by atoms with Crippen molar-refractivity contribution in [2.24, 2.45) is 47.3 Å². The largest absolute Gasteiger partial charge is 0.462 e. The van der Waals surface area contributed by atoms with Gasteiger partial charge in [0, 0.05) is 37.5 Å². The van der Waals surface area contributed by atoms with Crippen molar-refractivity contribution in [3.8, 4) is 0 Å². The summed E-state index contributed by atoms with van der Waals surface area (Å²) in [5, 5.41) is 20.8. The molecule has 0 aromatic rings. The number of allylic oxidation sites excluding steroid dienone is 3. The lowest BCUT2D eigenvalue weighted by Crippen LogP contribution is -2.46. The first-order valence-electron chi connectivity index (χ1n) is 15.9. The highest BCUT2D eigenvalue weighted by molar-refractivity contribution is 6.02. The number of rotatable bonds is 8. The summed E-state index contributed by atoms with van der Waals surface area (Å²) in [6.07, 6.45) is 7.35. The van der Waals surface area contributed by atoms with Gasteiger partial charge in [-0.1, -0.05) is 32.4 Å². The number of carbonyl (C=O) groups excluding carboxylic acids is 3. The van der Waals surface area contributed by atoms with Gasteiger partial charge in [-0.25, -0.2) is 0 Å². The van der Waals surface area contributed by atoms with Gasteiger partial charge in [0.2, 0.25) is 0 Å². The molecule has 2 saturated carbocycles. The molecule has 9 nitrogen and oxygen atoms in total. The maximum atomic E-state index is 13.9. The van der Waals surface area contributed by atoms with Crippen LogP contribution < -0.4 is 0 Å². The van der Waals surface area contributed by atoms with Crippen molar-refractivity contribution < 1.29 is 43.5 Å². The van der Waals surface area contributed by atoms with Crippen LogP contribution in [0.15, 0.2) is 23.3 Å². The summed E-state index contributed by atoms with van der Waals surface area (Å²) in [5.41, 5.74) is 1.10. The molecule has 0 bridgehead atoms. The van der Waals surface area contributed by atoms with E-state index in [4.69, 9.17) is 18.9 Å². The summed E-state index contributed by atoms with van der Waals surface area (Å²) in [4.78, 5) is 41.1. The molecule has 5 unspecified atom stereocenters. The van der Waals surface area contributed by atoms with Crippen molar-refractivity contribution in [3.63, 3.8) is 0 Å². The molecule has 0 aromatic heterocycles. The van der Waals surface area contributed by atoms with Crippen LogP contribution in [0.3, 0.4) is 0 Å². The molecule has 0 spiro atoms. The summed E-state index contributed by atoms with van der Waals surface area (Å²) in [5.74, 6) is -1.49. The smallest absolute Gasteiger partial charge is 0.306 e. The number of Topliss-reactive ketones (excluding diaryl/α,β-unsaturated/α-hetero) is 2. The Morgan fingerprint density at radius 3 is 2.40 bits per heavy atom. The van der Waals surface area contributed by atoms with Gasteiger partial charge < -0.3 is 29.2 Å². The summed E-state index contributed by atoms with van der Waals surface area (Å²) >= 11 is 0. The van der Waals surface area contributed by atoms with E-state index in [2.05, 4.69) is 6.08 Å². The fourth-order valence-corrected chi connectivity index (χ4v) is 8.85. The van der Waals surface area contributed by atoms with Crippen LogP contribution in [0.5, 0.6) is 0 Å². The van der Waals surface area contributed by atoms with Crippen molar-refractivity contribution in [2.75, 3.05) is 27.4 Å². The Kier molecular flexibility index (Phi) is 10.0. The van der Waals surface area contributed by atoms with Crippen LogP contribution >= 0.6 is 0 Å². The van der Waals surface area contributed by atoms with E-state index in [1.165, 1.54) is 14.2 Å². The van der Waals surface area contributed by atoms with Crippen molar-refractivity contribution in [3.05, 3.63) is 23.3 Å². The molecule has 1 heterocycles. The van der Waals surface area contributed by atoms with E-state index in [1.54, 1.807) is 0 Å². The van der Waals surface area contributed by atoms with E-state index in [-0.39, 0.29) is 84.9 Å². The first kappa shape index (κ1) is 31.5. The van der Waals surface area contributed by atoms with Gasteiger partial charge in [0.15, 0.2) is 17.9 Å². The highest BCUT2D eigenvalue weighted by Crippen LogP contribution is 2.63. The molecule has 0 radical (unpaired) electrons. The average Bonchev–Trinajstić information content (AvgIpc) is 3.65. The zero-order valence-corrected chi connectivity index (χ0v) is 25.4. The molecule has 42 heavy (non-hydrogen) atoms. The Bertz CT molecular complexity index is 1080. The highest BCUT2D eigenvalue weighted by Gasteiger charge is 2.62. The third-order valence-electron chi connectivity index (χ3n) is 10.9. The molecule has 12 atom stereocenters. The standard InChI is InChI=1S/C33H48O9/c1-5-19-9-7-6-8-17(2)31(36)26-13-24-22-12-20(42-33(38)27(40-4)16-39-3)11-21(22)23-10-18(15-34)32(37)30(23)29(24)25(26)14-28(35)41-19/h10,13,17,19-25,27,29-30,33-34,38H,5-9,11-12,14-16H2,1-4H3/t17-,19+,20-,21?,22-,23?,24?,25-,27+,29-,30?,33?/m1/s1. The SMILES string of the molecule is CC[C@H]1CCCC[C@@H](C)C(=O)C2=CC3[C@@H]4C[C@H](OC(O)[C@H](COC)OC)CC4C4C=C(CO)C(=O)C4[C@H]3[C@@H]2CC(=O)O1. The van der Waals surface area contributed by atoms with Crippen LogP contribution in [0.4, 0.5) is 0 Å². The van der Waals surface area contributed by atoms with Crippen LogP contribution in [0.1, 0.15) is 65.2 Å².